The fourth-order valence-corrected chi connectivity index (χ4v) is 2.96. The van der Waals surface area contributed by atoms with E-state index >= 15 is 0 Å². The molecule has 0 spiro atoms. The summed E-state index contributed by atoms with van der Waals surface area (Å²) in [6, 6.07) is 17.6. The number of aliphatic hydroxyl groups is 1. The Labute approximate surface area is 166 Å². The molecule has 0 unspecified atom stereocenters. The number of ether oxygens (including phenoxy) is 2. The number of methoxy groups -OCH3 is 1. The van der Waals surface area contributed by atoms with Crippen LogP contribution in [-0.4, -0.2) is 23.8 Å². The molecule has 0 atom stereocenters. The maximum atomic E-state index is 9.60. The average molecular weight is 375 g/mol. The normalized spacial score (nSPS) is 10.6. The Morgan fingerprint density at radius 1 is 1.04 bits per heavy atom. The fourth-order valence-electron chi connectivity index (χ4n) is 2.96. The van der Waals surface area contributed by atoms with Crippen LogP contribution < -0.4 is 4.74 Å². The van der Waals surface area contributed by atoms with Crippen molar-refractivity contribution in [3.05, 3.63) is 78.5 Å². The maximum absolute atomic E-state index is 9.60. The van der Waals surface area contributed by atoms with E-state index in [0.29, 0.717) is 12.2 Å². The number of hydrogen-bond acceptors (Lipinski definition) is 4. The van der Waals surface area contributed by atoms with Gasteiger partial charge in [-0.05, 0) is 47.9 Å². The number of rotatable bonds is 8. The summed E-state index contributed by atoms with van der Waals surface area (Å²) in [6.07, 6.45) is 2.85. The minimum Gasteiger partial charge on any atom is -0.508 e. The lowest BCUT2D eigenvalue weighted by Crippen LogP contribution is -1.98. The van der Waals surface area contributed by atoms with E-state index in [2.05, 4.69) is 19.6 Å². The summed E-state index contributed by atoms with van der Waals surface area (Å²) in [7, 11) is 1.65. The van der Waals surface area contributed by atoms with E-state index in [1.807, 2.05) is 54.7 Å². The van der Waals surface area contributed by atoms with Crippen LogP contribution in [-0.2, 0) is 11.3 Å². The minimum atomic E-state index is 0.0572. The van der Waals surface area contributed by atoms with Gasteiger partial charge in [-0.1, -0.05) is 37.8 Å². The highest BCUT2D eigenvalue weighted by Gasteiger charge is 2.11. The molecule has 144 valence electrons. The average Bonchev–Trinajstić information content (AvgIpc) is 2.74. The molecule has 0 saturated heterocycles. The molecule has 2 aromatic carbocycles. The van der Waals surface area contributed by atoms with E-state index in [0.717, 1.165) is 46.7 Å². The van der Waals surface area contributed by atoms with Crippen molar-refractivity contribution in [1.82, 2.24) is 4.98 Å². The van der Waals surface area contributed by atoms with Crippen molar-refractivity contribution in [3.8, 4) is 28.1 Å². The van der Waals surface area contributed by atoms with Crippen LogP contribution in [0.4, 0.5) is 0 Å². The summed E-state index contributed by atoms with van der Waals surface area (Å²) >= 11 is 0. The predicted octanol–water partition coefficient (Wildman–Crippen LogP) is 5.88. The van der Waals surface area contributed by atoms with E-state index in [9.17, 15) is 5.11 Å². The second kappa shape index (κ2) is 9.20. The van der Waals surface area contributed by atoms with E-state index in [-0.39, 0.29) is 5.76 Å². The lowest BCUT2D eigenvalue weighted by atomic mass is 9.97. The summed E-state index contributed by atoms with van der Waals surface area (Å²) in [5.41, 5.74) is 5.64. The number of nitrogens with zero attached hydrogens (tertiary/aromatic N) is 1. The largest absolute Gasteiger partial charge is 0.508 e. The summed E-state index contributed by atoms with van der Waals surface area (Å²) in [6.45, 7) is 6.93. The Morgan fingerprint density at radius 2 is 1.71 bits per heavy atom. The zero-order valence-corrected chi connectivity index (χ0v) is 16.3. The Morgan fingerprint density at radius 3 is 2.32 bits per heavy atom. The van der Waals surface area contributed by atoms with Crippen molar-refractivity contribution in [1.29, 1.82) is 0 Å². The quantitative estimate of drug-likeness (QED) is 0.395. The molecule has 1 N–H and O–H groups in total. The van der Waals surface area contributed by atoms with Gasteiger partial charge in [-0.25, -0.2) is 0 Å². The topological polar surface area (TPSA) is 51.6 Å². The van der Waals surface area contributed by atoms with E-state index in [1.165, 1.54) is 0 Å². The van der Waals surface area contributed by atoms with Crippen molar-refractivity contribution >= 4 is 5.76 Å². The molecule has 0 saturated carbocycles. The Bertz CT molecular complexity index is 931. The van der Waals surface area contributed by atoms with Crippen LogP contribution in [0.15, 0.2) is 67.4 Å². The van der Waals surface area contributed by atoms with Crippen molar-refractivity contribution in [2.24, 2.45) is 0 Å². The Kier molecular flexibility index (Phi) is 6.45. The van der Waals surface area contributed by atoms with E-state index < -0.39 is 0 Å². The molecule has 3 aromatic rings. The third-order valence-electron chi connectivity index (χ3n) is 4.45. The van der Waals surface area contributed by atoms with Gasteiger partial charge in [0.05, 0.1) is 19.4 Å². The summed E-state index contributed by atoms with van der Waals surface area (Å²) in [4.78, 5) is 4.73. The lowest BCUT2D eigenvalue weighted by Gasteiger charge is -2.13. The van der Waals surface area contributed by atoms with E-state index in [4.69, 9.17) is 14.5 Å². The molecule has 0 amide bonds. The summed E-state index contributed by atoms with van der Waals surface area (Å²) in [5.74, 6) is 0.863. The molecule has 4 heteroatoms. The van der Waals surface area contributed by atoms with Gasteiger partial charge in [-0.15, -0.1) is 0 Å². The molecule has 0 radical (unpaired) electrons. The highest BCUT2D eigenvalue weighted by molar-refractivity contribution is 5.81. The molecule has 1 aromatic heterocycles. The third kappa shape index (κ3) is 4.59. The first kappa shape index (κ1) is 19.6. The predicted molar refractivity (Wildman–Crippen MR) is 113 cm³/mol. The van der Waals surface area contributed by atoms with Crippen molar-refractivity contribution in [2.75, 3.05) is 13.7 Å². The van der Waals surface area contributed by atoms with Crippen LogP contribution in [0.1, 0.15) is 24.5 Å². The molecule has 4 nitrogen and oxygen atoms in total. The van der Waals surface area contributed by atoms with Gasteiger partial charge in [0.1, 0.15) is 11.5 Å². The number of aliphatic hydroxyl groups excluding tert-OH is 1. The zero-order chi connectivity index (χ0) is 19.9. The van der Waals surface area contributed by atoms with Crippen LogP contribution >= 0.6 is 0 Å². The number of benzene rings is 2. The first-order chi connectivity index (χ1) is 13.6. The van der Waals surface area contributed by atoms with Gasteiger partial charge in [0, 0.05) is 29.5 Å². The minimum absolute atomic E-state index is 0.0572. The molecule has 3 rings (SSSR count). The van der Waals surface area contributed by atoms with Gasteiger partial charge in [0.15, 0.2) is 0 Å². The molecular formula is C24H25NO3. The van der Waals surface area contributed by atoms with Gasteiger partial charge < -0.3 is 14.6 Å². The van der Waals surface area contributed by atoms with E-state index in [1.54, 1.807) is 7.11 Å². The van der Waals surface area contributed by atoms with Crippen molar-refractivity contribution in [3.63, 3.8) is 0 Å². The number of hydrogen-bond donors (Lipinski definition) is 1. The highest BCUT2D eigenvalue weighted by atomic mass is 16.5. The first-order valence-electron chi connectivity index (χ1n) is 9.32. The Balaban J connectivity index is 2.03. The highest BCUT2D eigenvalue weighted by Crippen LogP contribution is 2.32. The standard InChI is InChI=1S/C24H25NO3/c1-4-13-28-16-18-14-23(20-7-5-19(6-8-20)17(2)26)24(25-15-18)21-9-11-22(27-3)12-10-21/h5-12,14-15,26H,2,4,13,16H2,1,3H3. The second-order valence-corrected chi connectivity index (χ2v) is 6.54. The monoisotopic (exact) mass is 375 g/mol. The lowest BCUT2D eigenvalue weighted by molar-refractivity contribution is 0.121. The molecule has 0 aliphatic rings. The van der Waals surface area contributed by atoms with Crippen molar-refractivity contribution in [2.45, 2.75) is 20.0 Å². The van der Waals surface area contributed by atoms with Crippen LogP contribution in [0.25, 0.3) is 28.1 Å². The van der Waals surface area contributed by atoms with Crippen LogP contribution in [0.3, 0.4) is 0 Å². The summed E-state index contributed by atoms with van der Waals surface area (Å²) < 4.78 is 10.9. The van der Waals surface area contributed by atoms with Crippen LogP contribution in [0.5, 0.6) is 5.75 Å². The molecular weight excluding hydrogens is 350 g/mol. The van der Waals surface area contributed by atoms with Crippen LogP contribution in [0.2, 0.25) is 0 Å². The molecule has 28 heavy (non-hydrogen) atoms. The molecule has 0 fully saturated rings. The van der Waals surface area contributed by atoms with Gasteiger partial charge in [0.2, 0.25) is 0 Å². The summed E-state index contributed by atoms with van der Waals surface area (Å²) in [5, 5.41) is 9.60. The Hall–Kier alpha value is -3.11. The smallest absolute Gasteiger partial charge is 0.118 e. The molecule has 0 aliphatic heterocycles. The van der Waals surface area contributed by atoms with Crippen LogP contribution in [0, 0.1) is 0 Å². The molecule has 1 heterocycles. The third-order valence-corrected chi connectivity index (χ3v) is 4.45. The van der Waals surface area contributed by atoms with Gasteiger partial charge >= 0.3 is 0 Å². The maximum Gasteiger partial charge on any atom is 0.118 e. The number of aromatic nitrogens is 1. The number of pyridine rings is 1. The molecule has 0 aliphatic carbocycles. The first-order valence-corrected chi connectivity index (χ1v) is 9.32. The van der Waals surface area contributed by atoms with Gasteiger partial charge in [-0.2, -0.15) is 0 Å². The second-order valence-electron chi connectivity index (χ2n) is 6.54. The SMILES string of the molecule is C=C(O)c1ccc(-c2cc(COCCC)cnc2-c2ccc(OC)cc2)cc1. The van der Waals surface area contributed by atoms with Crippen molar-refractivity contribution < 1.29 is 14.6 Å². The molecule has 0 bridgehead atoms. The zero-order valence-electron chi connectivity index (χ0n) is 16.3. The van der Waals surface area contributed by atoms with Gasteiger partial charge in [0.25, 0.3) is 0 Å². The van der Waals surface area contributed by atoms with Gasteiger partial charge in [-0.3, -0.25) is 4.98 Å². The fraction of sp³-hybridized carbons (Fsp3) is 0.208.